The van der Waals surface area contributed by atoms with E-state index in [1.54, 1.807) is 0 Å². The second-order valence-corrected chi connectivity index (χ2v) is 6.46. The van der Waals surface area contributed by atoms with Gasteiger partial charge in [-0.05, 0) is 12.0 Å². The number of esters is 1. The second kappa shape index (κ2) is 9.09. The van der Waals surface area contributed by atoms with Crippen LogP contribution in [0.3, 0.4) is 0 Å². The molecule has 0 aliphatic rings. The Bertz CT molecular complexity index is 489. The molecule has 7 nitrogen and oxygen atoms in total. The van der Waals surface area contributed by atoms with Gasteiger partial charge in [0.25, 0.3) is 0 Å². The number of aliphatic carboxylic acids is 2. The normalized spacial score (nSPS) is 12.3. The van der Waals surface area contributed by atoms with E-state index < -0.39 is 24.0 Å². The van der Waals surface area contributed by atoms with Crippen LogP contribution in [0, 0.1) is 0 Å². The molecule has 0 heterocycles. The number of carbonyl (C=O) groups is 3. The number of hydrogen-bond donors (Lipinski definition) is 2. The summed E-state index contributed by atoms with van der Waals surface area (Å²) >= 11 is 0. The van der Waals surface area contributed by atoms with E-state index in [9.17, 15) is 14.4 Å². The van der Waals surface area contributed by atoms with Crippen LogP contribution in [0.1, 0.15) is 25.7 Å². The molecule has 0 aromatic heterocycles. The lowest BCUT2D eigenvalue weighted by atomic mass is 10.0. The van der Waals surface area contributed by atoms with E-state index in [1.807, 2.05) is 21.1 Å². The number of ether oxygens (including phenoxy) is 1. The Morgan fingerprint density at radius 2 is 1.57 bits per heavy atom. The molecule has 1 unspecified atom stereocenters. The van der Waals surface area contributed by atoms with E-state index in [4.69, 9.17) is 14.9 Å². The maximum absolute atomic E-state index is 11.9. The van der Waals surface area contributed by atoms with Crippen molar-refractivity contribution in [3.63, 3.8) is 0 Å². The van der Waals surface area contributed by atoms with E-state index in [-0.39, 0.29) is 25.7 Å². The summed E-state index contributed by atoms with van der Waals surface area (Å²) < 4.78 is 5.69. The van der Waals surface area contributed by atoms with Gasteiger partial charge in [0, 0.05) is 6.42 Å². The number of quaternary nitrogens is 1. The molecule has 7 heteroatoms. The van der Waals surface area contributed by atoms with Crippen molar-refractivity contribution in [1.82, 2.24) is 0 Å². The molecule has 0 aliphatic heterocycles. The van der Waals surface area contributed by atoms with Crippen molar-refractivity contribution < 1.29 is 33.8 Å². The summed E-state index contributed by atoms with van der Waals surface area (Å²) in [6.45, 7) is 7.77. The molecule has 0 bridgehead atoms. The Kier molecular flexibility index (Phi) is 8.24. The highest BCUT2D eigenvalue weighted by Crippen LogP contribution is 2.17. The largest absolute Gasteiger partial charge is 0.481 e. The summed E-state index contributed by atoms with van der Waals surface area (Å²) in [5, 5.41) is 17.5. The molecule has 0 aliphatic carbocycles. The summed E-state index contributed by atoms with van der Waals surface area (Å²) in [6.07, 6.45) is -1.02. The number of allylic oxidation sites excluding steroid dienone is 1. The van der Waals surface area contributed by atoms with Crippen LogP contribution in [0.2, 0.25) is 0 Å². The van der Waals surface area contributed by atoms with Gasteiger partial charge in [0.05, 0.1) is 34.0 Å². The van der Waals surface area contributed by atoms with Crippen molar-refractivity contribution >= 4 is 17.9 Å². The molecule has 1 atom stereocenters. The first-order valence-electron chi connectivity index (χ1n) is 7.20. The van der Waals surface area contributed by atoms with Crippen LogP contribution in [-0.2, 0) is 19.1 Å². The third-order valence-electron chi connectivity index (χ3n) is 2.95. The molecule has 0 saturated heterocycles. The fourth-order valence-electron chi connectivity index (χ4n) is 1.91. The van der Waals surface area contributed by atoms with E-state index in [0.717, 1.165) is 0 Å². The van der Waals surface area contributed by atoms with E-state index in [1.165, 1.54) is 0 Å². The molecule has 0 fully saturated rings. The minimum Gasteiger partial charge on any atom is -0.481 e. The topological polar surface area (TPSA) is 101 Å². The van der Waals surface area contributed by atoms with Crippen molar-refractivity contribution in [2.24, 2.45) is 0 Å². The summed E-state index contributed by atoms with van der Waals surface area (Å²) in [6, 6.07) is 0. The van der Waals surface area contributed by atoms with Crippen molar-refractivity contribution in [1.29, 1.82) is 0 Å². The molecule has 23 heavy (non-hydrogen) atoms. The summed E-state index contributed by atoms with van der Waals surface area (Å²) in [5.74, 6) is -2.59. The van der Waals surface area contributed by atoms with Gasteiger partial charge in [-0.2, -0.15) is 0 Å². The fourth-order valence-corrected chi connectivity index (χ4v) is 1.91. The molecule has 0 aromatic carbocycles. The Labute approximate surface area is 136 Å². The van der Waals surface area contributed by atoms with Gasteiger partial charge in [0.15, 0.2) is 6.10 Å². The third-order valence-corrected chi connectivity index (χ3v) is 2.95. The third kappa shape index (κ3) is 11.1. The Hall–Kier alpha value is -2.15. The van der Waals surface area contributed by atoms with Crippen molar-refractivity contribution in [2.75, 3.05) is 27.7 Å². The lowest BCUT2D eigenvalue weighted by molar-refractivity contribution is -0.873. The predicted octanol–water partition coefficient (Wildman–Crippen LogP) is 1.45. The van der Waals surface area contributed by atoms with Crippen LogP contribution >= 0.6 is 0 Å². The average Bonchev–Trinajstić information content (AvgIpc) is 2.32. The lowest BCUT2D eigenvalue weighted by Gasteiger charge is -2.28. The van der Waals surface area contributed by atoms with Gasteiger partial charge >= 0.3 is 17.9 Å². The molecular weight excluding hydrogens is 302 g/mol. The Balaban J connectivity index is 4.56. The van der Waals surface area contributed by atoms with Gasteiger partial charge in [0.1, 0.15) is 6.54 Å². The maximum Gasteiger partial charge on any atom is 0.310 e. The number of carbonyl (C=O) groups excluding carboxylic acids is 1. The number of rotatable bonds is 11. The maximum atomic E-state index is 11.9. The zero-order chi connectivity index (χ0) is 18.2. The van der Waals surface area contributed by atoms with Crippen LogP contribution in [0.25, 0.3) is 0 Å². The number of hydrogen-bond acceptors (Lipinski definition) is 4. The Morgan fingerprint density at radius 1 is 1.00 bits per heavy atom. The molecular formula is C16H26NO6+. The first-order chi connectivity index (χ1) is 10.4. The average molecular weight is 328 g/mol. The second-order valence-electron chi connectivity index (χ2n) is 6.46. The van der Waals surface area contributed by atoms with Crippen LogP contribution in [0.4, 0.5) is 0 Å². The van der Waals surface area contributed by atoms with Crippen LogP contribution in [-0.4, -0.2) is 66.4 Å². The first kappa shape index (κ1) is 20.9. The van der Waals surface area contributed by atoms with Gasteiger partial charge in [-0.3, -0.25) is 14.4 Å². The van der Waals surface area contributed by atoms with Gasteiger partial charge in [0.2, 0.25) is 0 Å². The number of carboxylic acid groups (broad SMARTS) is 2. The van der Waals surface area contributed by atoms with Crippen LogP contribution in [0.5, 0.6) is 0 Å². The Morgan fingerprint density at radius 3 is 2.00 bits per heavy atom. The van der Waals surface area contributed by atoms with E-state index >= 15 is 0 Å². The highest BCUT2D eigenvalue weighted by Gasteiger charge is 2.25. The quantitative estimate of drug-likeness (QED) is 0.338. The minimum absolute atomic E-state index is 0.0873. The van der Waals surface area contributed by atoms with Gasteiger partial charge in [-0.1, -0.05) is 18.7 Å². The van der Waals surface area contributed by atoms with Crippen molar-refractivity contribution in [2.45, 2.75) is 31.8 Å². The van der Waals surface area contributed by atoms with E-state index in [2.05, 4.69) is 13.2 Å². The monoisotopic (exact) mass is 328 g/mol. The standard InChI is InChI=1S/C16H25NO6/c1-11(6-7-14(18)19)12(2)8-16(22)23-13(9-15(20)21)10-17(3,4)5/h13H,1-2,6-10H2,3-5H3,(H-,18,19,20,21)/p+1. The van der Waals surface area contributed by atoms with Gasteiger partial charge in [-0.25, -0.2) is 0 Å². The molecule has 0 spiro atoms. The number of nitrogens with zero attached hydrogens (tertiary/aromatic N) is 1. The van der Waals surface area contributed by atoms with Crippen LogP contribution in [0.15, 0.2) is 24.3 Å². The molecule has 130 valence electrons. The van der Waals surface area contributed by atoms with Gasteiger partial charge in [-0.15, -0.1) is 0 Å². The highest BCUT2D eigenvalue weighted by atomic mass is 16.5. The summed E-state index contributed by atoms with van der Waals surface area (Å²) in [7, 11) is 5.61. The van der Waals surface area contributed by atoms with Crippen LogP contribution < -0.4 is 0 Å². The zero-order valence-electron chi connectivity index (χ0n) is 14.0. The number of likely N-dealkylation sites (N-methyl/N-ethyl adjacent to an activating group) is 1. The zero-order valence-corrected chi connectivity index (χ0v) is 14.0. The summed E-state index contributed by atoms with van der Waals surface area (Å²) in [5.41, 5.74) is 0.876. The smallest absolute Gasteiger partial charge is 0.310 e. The van der Waals surface area contributed by atoms with Crippen molar-refractivity contribution in [3.8, 4) is 0 Å². The molecule has 0 saturated carbocycles. The van der Waals surface area contributed by atoms with Gasteiger partial charge < -0.3 is 19.4 Å². The predicted molar refractivity (Wildman–Crippen MR) is 84.8 cm³/mol. The van der Waals surface area contributed by atoms with Crippen molar-refractivity contribution in [3.05, 3.63) is 24.3 Å². The highest BCUT2D eigenvalue weighted by molar-refractivity contribution is 5.75. The molecule has 0 amide bonds. The molecule has 0 aromatic rings. The SMILES string of the molecule is C=C(CCC(=O)O)C(=C)CC(=O)OC(CC(=O)O)C[N+](C)(C)C. The molecule has 0 radical (unpaired) electrons. The minimum atomic E-state index is -1.04. The number of carboxylic acids is 2. The van der Waals surface area contributed by atoms with E-state index in [0.29, 0.717) is 22.2 Å². The fraction of sp³-hybridized carbons (Fsp3) is 0.562. The first-order valence-corrected chi connectivity index (χ1v) is 7.20. The molecule has 2 N–H and O–H groups in total. The summed E-state index contributed by atoms with van der Waals surface area (Å²) in [4.78, 5) is 33.3. The lowest BCUT2D eigenvalue weighted by Crippen LogP contribution is -2.43. The molecule has 0 rings (SSSR count).